The Morgan fingerprint density at radius 3 is 0.647 bits per heavy atom. The molecule has 0 saturated carbocycles. The third-order valence-corrected chi connectivity index (χ3v) is 10.4. The zero-order valence-corrected chi connectivity index (χ0v) is 24.2. The predicted octanol–water partition coefficient (Wildman–Crippen LogP) is 5.28. The first kappa shape index (κ1) is 28.4. The summed E-state index contributed by atoms with van der Waals surface area (Å²) in [6.45, 7) is 17.2. The van der Waals surface area contributed by atoms with Gasteiger partial charge in [0.25, 0.3) is 0 Å². The Hall–Kier alpha value is -0.160. The minimum Gasteiger partial charge on any atom is -0.326 e. The first-order chi connectivity index (χ1) is 16.2. The third-order valence-electron chi connectivity index (χ3n) is 10.4. The van der Waals surface area contributed by atoms with Gasteiger partial charge < -0.3 is 17.9 Å². The minimum absolute atomic E-state index is 1.37. The molecule has 4 heteroatoms. The fraction of sp³-hybridized carbons (Fsp3) is 1.00. The van der Waals surface area contributed by atoms with Gasteiger partial charge in [0, 0.05) is 51.4 Å². The second-order valence-corrected chi connectivity index (χ2v) is 14.1. The number of hydrogen-bond acceptors (Lipinski definition) is 0. The van der Waals surface area contributed by atoms with Crippen molar-refractivity contribution in [3.05, 3.63) is 0 Å². The molecule has 4 nitrogen and oxygen atoms in total. The molecular formula is C30H64N4+4. The van der Waals surface area contributed by atoms with Crippen molar-refractivity contribution in [1.29, 1.82) is 0 Å². The summed E-state index contributed by atoms with van der Waals surface area (Å²) in [4.78, 5) is 0. The fourth-order valence-electron chi connectivity index (χ4n) is 7.62. The maximum atomic E-state index is 2.46. The molecule has 200 valence electrons. The second kappa shape index (κ2) is 13.4. The molecule has 4 aliphatic heterocycles. The van der Waals surface area contributed by atoms with Crippen LogP contribution in [0.5, 0.6) is 0 Å². The molecule has 0 aromatic rings. The van der Waals surface area contributed by atoms with Crippen LogP contribution in [0.15, 0.2) is 0 Å². The van der Waals surface area contributed by atoms with Gasteiger partial charge in [0.05, 0.1) is 107 Å². The van der Waals surface area contributed by atoms with E-state index in [4.69, 9.17) is 0 Å². The maximum absolute atomic E-state index is 2.46. The lowest BCUT2D eigenvalue weighted by molar-refractivity contribution is -0.899. The van der Waals surface area contributed by atoms with Crippen molar-refractivity contribution < 1.29 is 17.9 Å². The summed E-state index contributed by atoms with van der Waals surface area (Å²) in [5, 5.41) is 0. The average molecular weight is 481 g/mol. The van der Waals surface area contributed by atoms with Crippen LogP contribution in [0.25, 0.3) is 0 Å². The van der Waals surface area contributed by atoms with Crippen molar-refractivity contribution in [1.82, 2.24) is 0 Å². The lowest BCUT2D eigenvalue weighted by Crippen LogP contribution is -2.42. The van der Waals surface area contributed by atoms with E-state index in [-0.39, 0.29) is 0 Å². The quantitative estimate of drug-likeness (QED) is 0.263. The molecule has 0 radical (unpaired) electrons. The Morgan fingerprint density at radius 2 is 0.471 bits per heavy atom. The van der Waals surface area contributed by atoms with E-state index >= 15 is 0 Å². The van der Waals surface area contributed by atoms with Gasteiger partial charge in [0.15, 0.2) is 0 Å². The summed E-state index contributed by atoms with van der Waals surface area (Å²) in [6.07, 6.45) is 20.4. The van der Waals surface area contributed by atoms with Gasteiger partial charge in [-0.05, 0) is 38.5 Å². The van der Waals surface area contributed by atoms with E-state index < -0.39 is 0 Å². The summed E-state index contributed by atoms with van der Waals surface area (Å²) in [5.74, 6) is 0. The summed E-state index contributed by atoms with van der Waals surface area (Å²) >= 11 is 0. The SMILES string of the molecule is C[N+]1(CCCCC[N+]2(C)CCCC2)CCCC1.C[N+]1(CCCCC[N+]2(C)CCCC2)CCCC1. The summed E-state index contributed by atoms with van der Waals surface area (Å²) in [5.41, 5.74) is 0. The molecule has 0 aliphatic carbocycles. The van der Waals surface area contributed by atoms with Crippen molar-refractivity contribution in [2.45, 2.75) is 89.9 Å². The van der Waals surface area contributed by atoms with Gasteiger partial charge in [-0.1, -0.05) is 0 Å². The molecule has 0 bridgehead atoms. The smallest absolute Gasteiger partial charge is 0.0786 e. The lowest BCUT2D eigenvalue weighted by Gasteiger charge is -2.30. The molecule has 0 spiro atoms. The summed E-state index contributed by atoms with van der Waals surface area (Å²) < 4.78 is 5.47. The van der Waals surface area contributed by atoms with Gasteiger partial charge in [0.2, 0.25) is 0 Å². The molecule has 4 fully saturated rings. The van der Waals surface area contributed by atoms with Crippen molar-refractivity contribution in [3.8, 4) is 0 Å². The summed E-state index contributed by atoms with van der Waals surface area (Å²) in [6, 6.07) is 0. The molecule has 34 heavy (non-hydrogen) atoms. The number of rotatable bonds is 12. The number of quaternary nitrogens is 4. The molecule has 0 atom stereocenters. The highest BCUT2D eigenvalue weighted by Gasteiger charge is 2.29. The zero-order chi connectivity index (χ0) is 24.4. The Balaban J connectivity index is 0.000000191. The van der Waals surface area contributed by atoms with Crippen molar-refractivity contribution >= 4 is 0 Å². The van der Waals surface area contributed by atoms with Crippen molar-refractivity contribution in [2.24, 2.45) is 0 Å². The normalized spacial score (nSPS) is 26.5. The molecule has 4 saturated heterocycles. The van der Waals surface area contributed by atoms with Crippen LogP contribution in [0.2, 0.25) is 0 Å². The Morgan fingerprint density at radius 1 is 0.294 bits per heavy atom. The number of nitrogens with zero attached hydrogens (tertiary/aromatic N) is 4. The molecule has 4 rings (SSSR count). The largest absolute Gasteiger partial charge is 0.326 e. The molecule has 0 amide bonds. The number of unbranched alkanes of at least 4 members (excludes halogenated alkanes) is 4. The van der Waals surface area contributed by atoms with Crippen LogP contribution in [0.1, 0.15) is 89.9 Å². The Kier molecular flexibility index (Phi) is 11.2. The second-order valence-electron chi connectivity index (χ2n) is 14.1. The average Bonchev–Trinajstić information content (AvgIpc) is 3.60. The van der Waals surface area contributed by atoms with Gasteiger partial charge in [-0.3, -0.25) is 0 Å². The van der Waals surface area contributed by atoms with Gasteiger partial charge in [-0.2, -0.15) is 0 Å². The van der Waals surface area contributed by atoms with Crippen molar-refractivity contribution in [3.63, 3.8) is 0 Å². The molecule has 4 aliphatic rings. The third kappa shape index (κ3) is 9.71. The van der Waals surface area contributed by atoms with Gasteiger partial charge in [-0.25, -0.2) is 0 Å². The van der Waals surface area contributed by atoms with Gasteiger partial charge in [-0.15, -0.1) is 0 Å². The molecule has 0 aromatic carbocycles. The molecular weight excluding hydrogens is 416 g/mol. The predicted molar refractivity (Wildman–Crippen MR) is 148 cm³/mol. The van der Waals surface area contributed by atoms with E-state index in [0.29, 0.717) is 0 Å². The monoisotopic (exact) mass is 481 g/mol. The lowest BCUT2D eigenvalue weighted by atomic mass is 10.2. The van der Waals surface area contributed by atoms with Gasteiger partial charge >= 0.3 is 0 Å². The topological polar surface area (TPSA) is 0 Å². The Labute approximate surface area is 214 Å². The van der Waals surface area contributed by atoms with Crippen LogP contribution in [0.3, 0.4) is 0 Å². The Bertz CT molecular complexity index is 452. The maximum Gasteiger partial charge on any atom is 0.0786 e. The zero-order valence-electron chi connectivity index (χ0n) is 24.2. The molecule has 0 N–H and O–H groups in total. The first-order valence-corrected chi connectivity index (χ1v) is 15.6. The van der Waals surface area contributed by atoms with Crippen LogP contribution in [-0.2, 0) is 0 Å². The number of likely N-dealkylation sites (tertiary alicyclic amines) is 4. The molecule has 0 aromatic heterocycles. The van der Waals surface area contributed by atoms with Gasteiger partial charge in [0.1, 0.15) is 0 Å². The van der Waals surface area contributed by atoms with Crippen molar-refractivity contribution in [2.75, 3.05) is 107 Å². The van der Waals surface area contributed by atoms with E-state index in [2.05, 4.69) is 28.2 Å². The van der Waals surface area contributed by atoms with Crippen LogP contribution >= 0.6 is 0 Å². The molecule has 0 unspecified atom stereocenters. The fourth-order valence-corrected chi connectivity index (χ4v) is 7.62. The number of hydrogen-bond donors (Lipinski definition) is 0. The van der Waals surface area contributed by atoms with E-state index in [9.17, 15) is 0 Å². The highest BCUT2D eigenvalue weighted by Crippen LogP contribution is 2.21. The standard InChI is InChI=1S/2C15H32N2/c2*1-16(12-6-7-13-16)10-4-3-5-11-17(2)14-8-9-15-17/h2*3-15H2,1-2H3/q2*+2. The first-order valence-electron chi connectivity index (χ1n) is 15.6. The van der Waals surface area contributed by atoms with E-state index in [1.807, 2.05) is 0 Å². The highest BCUT2D eigenvalue weighted by atomic mass is 15.4. The minimum atomic E-state index is 1.37. The van der Waals surface area contributed by atoms with Crippen LogP contribution in [0.4, 0.5) is 0 Å². The van der Waals surface area contributed by atoms with Crippen LogP contribution in [0, 0.1) is 0 Å². The van der Waals surface area contributed by atoms with Crippen LogP contribution < -0.4 is 0 Å². The van der Waals surface area contributed by atoms with E-state index in [1.165, 1.54) is 186 Å². The molecule has 4 heterocycles. The van der Waals surface area contributed by atoms with Crippen LogP contribution in [-0.4, -0.2) is 125 Å². The summed E-state index contributed by atoms with van der Waals surface area (Å²) in [7, 11) is 9.84. The highest BCUT2D eigenvalue weighted by molar-refractivity contribution is 4.56. The van der Waals surface area contributed by atoms with E-state index in [0.717, 1.165) is 0 Å². The van der Waals surface area contributed by atoms with E-state index in [1.54, 1.807) is 0 Å².